The quantitative estimate of drug-likeness (QED) is 0.602. The van der Waals surface area contributed by atoms with Crippen LogP contribution in [0.4, 0.5) is 0 Å². The fourth-order valence-corrected chi connectivity index (χ4v) is 3.70. The van der Waals surface area contributed by atoms with Gasteiger partial charge in [0.15, 0.2) is 5.96 Å². The highest BCUT2D eigenvalue weighted by Crippen LogP contribution is 2.23. The number of ether oxygens (including phenoxy) is 2. The summed E-state index contributed by atoms with van der Waals surface area (Å²) in [6.45, 7) is 7.10. The van der Waals surface area contributed by atoms with E-state index in [-0.39, 0.29) is 6.10 Å². The van der Waals surface area contributed by atoms with Crippen LogP contribution < -0.4 is 15.4 Å². The van der Waals surface area contributed by atoms with Crippen LogP contribution in [-0.4, -0.2) is 32.3 Å². The van der Waals surface area contributed by atoms with Crippen LogP contribution in [0.1, 0.15) is 28.0 Å². The number of nitrogens with zero attached hydrogens (tertiary/aromatic N) is 1. The minimum Gasteiger partial charge on any atom is -0.488 e. The Morgan fingerprint density at radius 2 is 2.12 bits per heavy atom. The monoisotopic (exact) mass is 373 g/mol. The van der Waals surface area contributed by atoms with Crippen molar-refractivity contribution in [3.63, 3.8) is 0 Å². The van der Waals surface area contributed by atoms with Gasteiger partial charge in [0.05, 0.1) is 19.8 Å². The summed E-state index contributed by atoms with van der Waals surface area (Å²) in [6, 6.07) is 8.46. The molecule has 1 unspecified atom stereocenters. The number of aliphatic imine (C=N–C) groups is 1. The van der Waals surface area contributed by atoms with E-state index in [1.165, 1.54) is 16.0 Å². The number of guanidine groups is 1. The molecule has 26 heavy (non-hydrogen) atoms. The zero-order chi connectivity index (χ0) is 18.4. The SMILES string of the molecule is CN=C(NCc1ccc(C)cc1OC1CCOC1)NCc1sccc1C. The maximum atomic E-state index is 6.16. The number of benzene rings is 1. The molecule has 1 aromatic heterocycles. The van der Waals surface area contributed by atoms with Gasteiger partial charge in [-0.15, -0.1) is 11.3 Å². The summed E-state index contributed by atoms with van der Waals surface area (Å²) in [4.78, 5) is 5.65. The molecule has 1 aliphatic rings. The molecule has 1 saturated heterocycles. The van der Waals surface area contributed by atoms with Gasteiger partial charge < -0.3 is 20.1 Å². The van der Waals surface area contributed by atoms with Gasteiger partial charge in [0.2, 0.25) is 0 Å². The lowest BCUT2D eigenvalue weighted by molar-refractivity contribution is 0.140. The standard InChI is InChI=1S/C20H27N3O2S/c1-14-4-5-16(18(10-14)25-17-6-8-24-13-17)11-22-20(21-3)23-12-19-15(2)7-9-26-19/h4-5,7,9-10,17H,6,8,11-13H2,1-3H3,(H2,21,22,23). The van der Waals surface area contributed by atoms with Crippen LogP contribution in [0.3, 0.4) is 0 Å². The van der Waals surface area contributed by atoms with E-state index in [9.17, 15) is 0 Å². The smallest absolute Gasteiger partial charge is 0.191 e. The molecule has 2 heterocycles. The van der Waals surface area contributed by atoms with Crippen LogP contribution in [0.2, 0.25) is 0 Å². The highest BCUT2D eigenvalue weighted by molar-refractivity contribution is 7.10. The van der Waals surface area contributed by atoms with Gasteiger partial charge in [-0.1, -0.05) is 12.1 Å². The summed E-state index contributed by atoms with van der Waals surface area (Å²) in [7, 11) is 1.79. The van der Waals surface area contributed by atoms with Gasteiger partial charge in [0.25, 0.3) is 0 Å². The summed E-state index contributed by atoms with van der Waals surface area (Å²) in [5.74, 6) is 1.71. The third-order valence-corrected chi connectivity index (χ3v) is 5.48. The summed E-state index contributed by atoms with van der Waals surface area (Å²) < 4.78 is 11.6. The molecular weight excluding hydrogens is 346 g/mol. The van der Waals surface area contributed by atoms with E-state index in [0.29, 0.717) is 13.2 Å². The highest BCUT2D eigenvalue weighted by Gasteiger charge is 2.18. The van der Waals surface area contributed by atoms with E-state index in [2.05, 4.69) is 59.1 Å². The van der Waals surface area contributed by atoms with E-state index < -0.39 is 0 Å². The number of nitrogens with one attached hydrogen (secondary N) is 2. The van der Waals surface area contributed by atoms with Crippen LogP contribution in [0.15, 0.2) is 34.6 Å². The average molecular weight is 374 g/mol. The molecule has 2 N–H and O–H groups in total. The first-order valence-corrected chi connectivity index (χ1v) is 9.85. The number of hydrogen-bond donors (Lipinski definition) is 2. The molecule has 0 bridgehead atoms. The molecule has 6 heteroatoms. The molecule has 1 atom stereocenters. The van der Waals surface area contributed by atoms with Gasteiger partial charge in [0, 0.05) is 30.5 Å². The van der Waals surface area contributed by atoms with E-state index in [1.54, 1.807) is 18.4 Å². The highest BCUT2D eigenvalue weighted by atomic mass is 32.1. The topological polar surface area (TPSA) is 54.9 Å². The Balaban J connectivity index is 1.59. The number of rotatable bonds is 6. The maximum absolute atomic E-state index is 6.16. The van der Waals surface area contributed by atoms with E-state index >= 15 is 0 Å². The predicted octanol–water partition coefficient (Wildman–Crippen LogP) is 3.40. The Hall–Kier alpha value is -2.05. The predicted molar refractivity (Wildman–Crippen MR) is 107 cm³/mol. The maximum Gasteiger partial charge on any atom is 0.191 e. The Morgan fingerprint density at radius 3 is 2.81 bits per heavy atom. The molecule has 0 radical (unpaired) electrons. The molecule has 2 aromatic rings. The van der Waals surface area contributed by atoms with Crippen LogP contribution in [0.25, 0.3) is 0 Å². The van der Waals surface area contributed by atoms with Crippen molar-refractivity contribution >= 4 is 17.3 Å². The zero-order valence-corrected chi connectivity index (χ0v) is 16.5. The van der Waals surface area contributed by atoms with Crippen molar-refractivity contribution in [2.45, 2.75) is 39.5 Å². The Labute approximate surface area is 159 Å². The lowest BCUT2D eigenvalue weighted by Crippen LogP contribution is -2.36. The van der Waals surface area contributed by atoms with Crippen molar-refractivity contribution < 1.29 is 9.47 Å². The van der Waals surface area contributed by atoms with Crippen LogP contribution in [-0.2, 0) is 17.8 Å². The number of hydrogen-bond acceptors (Lipinski definition) is 4. The van der Waals surface area contributed by atoms with Crippen molar-refractivity contribution in [1.82, 2.24) is 10.6 Å². The lowest BCUT2D eigenvalue weighted by atomic mass is 10.1. The van der Waals surface area contributed by atoms with Crippen molar-refractivity contribution in [1.29, 1.82) is 0 Å². The first-order valence-electron chi connectivity index (χ1n) is 8.97. The van der Waals surface area contributed by atoms with Crippen molar-refractivity contribution in [2.24, 2.45) is 4.99 Å². The summed E-state index contributed by atoms with van der Waals surface area (Å²) in [5.41, 5.74) is 3.63. The average Bonchev–Trinajstić information content (AvgIpc) is 3.28. The van der Waals surface area contributed by atoms with Crippen LogP contribution >= 0.6 is 11.3 Å². The largest absolute Gasteiger partial charge is 0.488 e. The number of aryl methyl sites for hydroxylation is 2. The molecule has 3 rings (SSSR count). The van der Waals surface area contributed by atoms with Gasteiger partial charge in [0.1, 0.15) is 11.9 Å². The molecule has 1 fully saturated rings. The zero-order valence-electron chi connectivity index (χ0n) is 15.7. The van der Waals surface area contributed by atoms with Gasteiger partial charge in [-0.2, -0.15) is 0 Å². The Bertz CT molecular complexity index is 751. The first-order chi connectivity index (χ1) is 12.7. The second-order valence-electron chi connectivity index (χ2n) is 6.52. The first kappa shape index (κ1) is 18.7. The molecule has 0 spiro atoms. The molecule has 0 amide bonds. The second kappa shape index (κ2) is 9.05. The molecule has 1 aliphatic heterocycles. The van der Waals surface area contributed by atoms with Crippen molar-refractivity contribution in [3.8, 4) is 5.75 Å². The second-order valence-corrected chi connectivity index (χ2v) is 7.52. The summed E-state index contributed by atoms with van der Waals surface area (Å²) in [6.07, 6.45) is 1.10. The van der Waals surface area contributed by atoms with E-state index in [0.717, 1.165) is 36.8 Å². The lowest BCUT2D eigenvalue weighted by Gasteiger charge is -2.18. The van der Waals surface area contributed by atoms with Gasteiger partial charge >= 0.3 is 0 Å². The molecule has 140 valence electrons. The normalized spacial score (nSPS) is 17.3. The van der Waals surface area contributed by atoms with Crippen molar-refractivity contribution in [3.05, 3.63) is 51.2 Å². The molecule has 0 aliphatic carbocycles. The van der Waals surface area contributed by atoms with Gasteiger partial charge in [-0.05, 0) is 42.5 Å². The number of thiophene rings is 1. The fraction of sp³-hybridized carbons (Fsp3) is 0.450. The Kier molecular flexibility index (Phi) is 6.52. The molecule has 5 nitrogen and oxygen atoms in total. The van der Waals surface area contributed by atoms with Gasteiger partial charge in [-0.3, -0.25) is 4.99 Å². The van der Waals surface area contributed by atoms with Crippen molar-refractivity contribution in [2.75, 3.05) is 20.3 Å². The Morgan fingerprint density at radius 1 is 1.27 bits per heavy atom. The summed E-state index contributed by atoms with van der Waals surface area (Å²) in [5, 5.41) is 8.88. The van der Waals surface area contributed by atoms with E-state index in [1.807, 2.05) is 0 Å². The third kappa shape index (κ3) is 4.99. The van der Waals surface area contributed by atoms with Gasteiger partial charge in [-0.25, -0.2) is 0 Å². The molecule has 1 aromatic carbocycles. The minimum atomic E-state index is 0.148. The molecule has 0 saturated carbocycles. The molecular formula is C20H27N3O2S. The summed E-state index contributed by atoms with van der Waals surface area (Å²) >= 11 is 1.76. The minimum absolute atomic E-state index is 0.148. The van der Waals surface area contributed by atoms with Crippen LogP contribution in [0, 0.1) is 13.8 Å². The van der Waals surface area contributed by atoms with Crippen LogP contribution in [0.5, 0.6) is 5.75 Å². The van der Waals surface area contributed by atoms with E-state index in [4.69, 9.17) is 9.47 Å². The third-order valence-electron chi connectivity index (χ3n) is 4.46. The fourth-order valence-electron chi connectivity index (χ4n) is 2.85.